The average molecular weight is 315 g/mol. The minimum Gasteiger partial charge on any atom is -0.493 e. The number of aliphatic hydroxyl groups excluding tert-OH is 1. The fourth-order valence-electron chi connectivity index (χ4n) is 2.21. The molecule has 2 aromatic carbocycles. The van der Waals surface area contributed by atoms with E-state index in [4.69, 9.17) is 9.47 Å². The number of amides is 1. The van der Waals surface area contributed by atoms with Gasteiger partial charge in [-0.25, -0.2) is 0 Å². The van der Waals surface area contributed by atoms with Crippen LogP contribution in [-0.4, -0.2) is 37.4 Å². The van der Waals surface area contributed by atoms with Crippen LogP contribution in [0.1, 0.15) is 5.56 Å². The lowest BCUT2D eigenvalue weighted by Crippen LogP contribution is -2.41. The molecular weight excluding hydrogens is 294 g/mol. The van der Waals surface area contributed by atoms with E-state index in [1.165, 1.54) is 0 Å². The van der Waals surface area contributed by atoms with Crippen LogP contribution in [0.5, 0.6) is 11.5 Å². The van der Waals surface area contributed by atoms with Crippen molar-refractivity contribution >= 4 is 5.91 Å². The van der Waals surface area contributed by atoms with Gasteiger partial charge in [0.05, 0.1) is 19.8 Å². The summed E-state index contributed by atoms with van der Waals surface area (Å²) in [5.41, 5.74) is 1.05. The number of aliphatic hydroxyl groups is 1. The maximum absolute atomic E-state index is 12.0. The predicted octanol–water partition coefficient (Wildman–Crippen LogP) is 1.79. The van der Waals surface area contributed by atoms with Gasteiger partial charge in [0, 0.05) is 0 Å². The number of methoxy groups -OCH3 is 1. The molecule has 5 heteroatoms. The van der Waals surface area contributed by atoms with Crippen LogP contribution >= 0.6 is 0 Å². The maximum atomic E-state index is 12.0. The van der Waals surface area contributed by atoms with Gasteiger partial charge in [-0.3, -0.25) is 4.79 Å². The number of hydrogen-bond acceptors (Lipinski definition) is 4. The van der Waals surface area contributed by atoms with E-state index in [1.54, 1.807) is 19.2 Å². The highest BCUT2D eigenvalue weighted by atomic mass is 16.5. The second kappa shape index (κ2) is 8.80. The van der Waals surface area contributed by atoms with Crippen molar-refractivity contribution in [3.63, 3.8) is 0 Å². The molecule has 0 aliphatic heterocycles. The van der Waals surface area contributed by atoms with E-state index in [9.17, 15) is 9.90 Å². The van der Waals surface area contributed by atoms with Gasteiger partial charge < -0.3 is 19.9 Å². The van der Waals surface area contributed by atoms with Gasteiger partial charge in [0.15, 0.2) is 18.1 Å². The summed E-state index contributed by atoms with van der Waals surface area (Å²) >= 11 is 0. The highest BCUT2D eigenvalue weighted by Crippen LogP contribution is 2.25. The maximum Gasteiger partial charge on any atom is 0.258 e. The third-order valence-corrected chi connectivity index (χ3v) is 3.34. The molecule has 2 N–H and O–H groups in total. The Bertz CT molecular complexity index is 615. The van der Waals surface area contributed by atoms with Crippen molar-refractivity contribution in [2.45, 2.75) is 12.5 Å². The number of benzene rings is 2. The quantitative estimate of drug-likeness (QED) is 0.779. The number of rotatable bonds is 8. The van der Waals surface area contributed by atoms with E-state index in [2.05, 4.69) is 5.32 Å². The summed E-state index contributed by atoms with van der Waals surface area (Å²) in [6, 6.07) is 16.5. The molecule has 1 atom stereocenters. The minimum absolute atomic E-state index is 0.130. The first-order valence-corrected chi connectivity index (χ1v) is 7.43. The first kappa shape index (κ1) is 16.8. The summed E-state index contributed by atoms with van der Waals surface area (Å²) in [4.78, 5) is 12.0. The summed E-state index contributed by atoms with van der Waals surface area (Å²) in [5.74, 6) is 0.794. The Morgan fingerprint density at radius 1 is 1.09 bits per heavy atom. The van der Waals surface area contributed by atoms with Crippen LogP contribution in [0, 0.1) is 0 Å². The number of carbonyl (C=O) groups is 1. The zero-order valence-electron chi connectivity index (χ0n) is 13.1. The second-order valence-corrected chi connectivity index (χ2v) is 5.08. The van der Waals surface area contributed by atoms with Gasteiger partial charge in [0.2, 0.25) is 0 Å². The largest absolute Gasteiger partial charge is 0.493 e. The van der Waals surface area contributed by atoms with Gasteiger partial charge in [-0.05, 0) is 24.1 Å². The van der Waals surface area contributed by atoms with Gasteiger partial charge in [-0.1, -0.05) is 42.5 Å². The van der Waals surface area contributed by atoms with Crippen LogP contribution in [0.15, 0.2) is 54.6 Å². The normalized spacial score (nSPS) is 11.6. The van der Waals surface area contributed by atoms with E-state index in [0.29, 0.717) is 17.9 Å². The lowest BCUT2D eigenvalue weighted by Gasteiger charge is -2.17. The number of hydrogen-bond donors (Lipinski definition) is 2. The first-order chi connectivity index (χ1) is 11.2. The Labute approximate surface area is 135 Å². The van der Waals surface area contributed by atoms with Crippen molar-refractivity contribution in [2.75, 3.05) is 20.3 Å². The molecule has 0 aliphatic rings. The molecule has 5 nitrogen and oxygen atoms in total. The smallest absolute Gasteiger partial charge is 0.258 e. The van der Waals surface area contributed by atoms with Crippen molar-refractivity contribution in [1.82, 2.24) is 5.32 Å². The van der Waals surface area contributed by atoms with Crippen molar-refractivity contribution in [2.24, 2.45) is 0 Å². The molecule has 0 aliphatic carbocycles. The molecule has 23 heavy (non-hydrogen) atoms. The highest BCUT2D eigenvalue weighted by Gasteiger charge is 2.13. The molecule has 0 unspecified atom stereocenters. The van der Waals surface area contributed by atoms with Gasteiger partial charge in [-0.15, -0.1) is 0 Å². The van der Waals surface area contributed by atoms with Crippen molar-refractivity contribution in [3.8, 4) is 11.5 Å². The van der Waals surface area contributed by atoms with Crippen molar-refractivity contribution in [1.29, 1.82) is 0 Å². The Morgan fingerprint density at radius 2 is 1.74 bits per heavy atom. The summed E-state index contributed by atoms with van der Waals surface area (Å²) in [6.07, 6.45) is 0.567. The van der Waals surface area contributed by atoms with Crippen LogP contribution < -0.4 is 14.8 Å². The van der Waals surface area contributed by atoms with E-state index in [0.717, 1.165) is 5.56 Å². The molecule has 0 saturated carbocycles. The molecule has 0 bridgehead atoms. The third kappa shape index (κ3) is 5.30. The Hall–Kier alpha value is -2.53. The molecule has 0 spiro atoms. The van der Waals surface area contributed by atoms with Gasteiger partial charge in [0.25, 0.3) is 5.91 Å². The molecule has 0 fully saturated rings. The zero-order chi connectivity index (χ0) is 16.5. The number of carbonyl (C=O) groups excluding carboxylic acids is 1. The van der Waals surface area contributed by atoms with E-state index >= 15 is 0 Å². The lowest BCUT2D eigenvalue weighted by molar-refractivity contribution is -0.124. The molecule has 0 heterocycles. The van der Waals surface area contributed by atoms with E-state index < -0.39 is 0 Å². The molecule has 0 saturated heterocycles. The van der Waals surface area contributed by atoms with Crippen LogP contribution in [0.2, 0.25) is 0 Å². The zero-order valence-corrected chi connectivity index (χ0v) is 13.1. The van der Waals surface area contributed by atoms with Gasteiger partial charge in [0.1, 0.15) is 0 Å². The molecular formula is C18H21NO4. The van der Waals surface area contributed by atoms with Crippen LogP contribution in [0.4, 0.5) is 0 Å². The van der Waals surface area contributed by atoms with Gasteiger partial charge >= 0.3 is 0 Å². The predicted molar refractivity (Wildman–Crippen MR) is 87.7 cm³/mol. The monoisotopic (exact) mass is 315 g/mol. The Kier molecular flexibility index (Phi) is 6.44. The fraction of sp³-hybridized carbons (Fsp3) is 0.278. The lowest BCUT2D eigenvalue weighted by atomic mass is 10.1. The van der Waals surface area contributed by atoms with Crippen molar-refractivity contribution < 1.29 is 19.4 Å². The highest BCUT2D eigenvalue weighted by molar-refractivity contribution is 5.78. The minimum atomic E-state index is -0.342. The standard InChI is InChI=1S/C18H21NO4/c1-22-16-9-5-6-10-17(16)23-13-18(21)19-15(12-20)11-14-7-3-2-4-8-14/h2-10,15,20H,11-13H2,1H3,(H,19,21)/t15-/m0/s1. The molecule has 0 radical (unpaired) electrons. The van der Waals surface area contributed by atoms with Crippen LogP contribution in [0.25, 0.3) is 0 Å². The van der Waals surface area contributed by atoms with Crippen LogP contribution in [-0.2, 0) is 11.2 Å². The molecule has 2 rings (SSSR count). The summed E-state index contributed by atoms with van der Waals surface area (Å²) in [5, 5.41) is 12.2. The summed E-state index contributed by atoms with van der Waals surface area (Å²) < 4.78 is 10.6. The summed E-state index contributed by atoms with van der Waals surface area (Å²) in [7, 11) is 1.55. The third-order valence-electron chi connectivity index (χ3n) is 3.34. The topological polar surface area (TPSA) is 67.8 Å². The van der Waals surface area contributed by atoms with E-state index in [1.807, 2.05) is 42.5 Å². The number of para-hydroxylation sites is 2. The molecule has 0 aromatic heterocycles. The number of ether oxygens (including phenoxy) is 2. The molecule has 122 valence electrons. The van der Waals surface area contributed by atoms with Crippen molar-refractivity contribution in [3.05, 3.63) is 60.2 Å². The van der Waals surface area contributed by atoms with Crippen LogP contribution in [0.3, 0.4) is 0 Å². The Balaban J connectivity index is 1.85. The molecule has 1 amide bonds. The summed E-state index contributed by atoms with van der Waals surface area (Å²) in [6.45, 7) is -0.263. The fourth-order valence-corrected chi connectivity index (χ4v) is 2.21. The van der Waals surface area contributed by atoms with Gasteiger partial charge in [-0.2, -0.15) is 0 Å². The van der Waals surface area contributed by atoms with E-state index in [-0.39, 0.29) is 25.2 Å². The second-order valence-electron chi connectivity index (χ2n) is 5.08. The SMILES string of the molecule is COc1ccccc1OCC(=O)N[C@H](CO)Cc1ccccc1. The molecule has 2 aromatic rings. The average Bonchev–Trinajstić information content (AvgIpc) is 2.60. The first-order valence-electron chi connectivity index (χ1n) is 7.43. The Morgan fingerprint density at radius 3 is 2.39 bits per heavy atom. The number of nitrogens with one attached hydrogen (secondary N) is 1.